The molecule has 1 unspecified atom stereocenters. The fourth-order valence-corrected chi connectivity index (χ4v) is 4.70. The van der Waals surface area contributed by atoms with Crippen molar-refractivity contribution in [3.63, 3.8) is 0 Å². The molecule has 0 amide bonds. The highest BCUT2D eigenvalue weighted by Crippen LogP contribution is 2.44. The Balaban J connectivity index is 1.50. The van der Waals surface area contributed by atoms with Gasteiger partial charge in [-0.25, -0.2) is 9.97 Å². The van der Waals surface area contributed by atoms with Gasteiger partial charge in [-0.15, -0.1) is 0 Å². The van der Waals surface area contributed by atoms with E-state index in [1.807, 2.05) is 37.3 Å². The molecule has 0 radical (unpaired) electrons. The van der Waals surface area contributed by atoms with E-state index in [9.17, 15) is 4.79 Å². The second-order valence-electron chi connectivity index (χ2n) is 8.42. The van der Waals surface area contributed by atoms with E-state index in [0.29, 0.717) is 0 Å². The minimum Gasteiger partial charge on any atom is -0.481 e. The molecule has 6 heteroatoms. The van der Waals surface area contributed by atoms with Crippen LogP contribution in [0.4, 0.5) is 5.95 Å². The van der Waals surface area contributed by atoms with Crippen LogP contribution in [0.2, 0.25) is 0 Å². The van der Waals surface area contributed by atoms with Crippen LogP contribution in [0.3, 0.4) is 0 Å². The molecule has 1 aromatic carbocycles. The number of hydrogen-bond acceptors (Lipinski definition) is 5. The number of aliphatic carboxylic acids is 1. The molecule has 1 aliphatic heterocycles. The molecule has 4 rings (SSSR count). The maximum Gasteiger partial charge on any atom is 0.307 e. The summed E-state index contributed by atoms with van der Waals surface area (Å²) in [5, 5.41) is 8.93. The van der Waals surface area contributed by atoms with Crippen molar-refractivity contribution >= 4 is 11.9 Å². The summed E-state index contributed by atoms with van der Waals surface area (Å²) < 4.78 is 0. The minimum atomic E-state index is -0.787. The monoisotopic (exact) mass is 380 g/mol. The second kappa shape index (κ2) is 7.51. The smallest absolute Gasteiger partial charge is 0.307 e. The van der Waals surface area contributed by atoms with Gasteiger partial charge in [0.15, 0.2) is 0 Å². The number of aromatic nitrogens is 2. The first kappa shape index (κ1) is 18.9. The second-order valence-corrected chi connectivity index (χ2v) is 8.42. The van der Waals surface area contributed by atoms with Crippen LogP contribution in [0, 0.1) is 0 Å². The lowest BCUT2D eigenvalue weighted by atomic mass is 9.77. The van der Waals surface area contributed by atoms with Gasteiger partial charge in [-0.1, -0.05) is 24.3 Å². The van der Waals surface area contributed by atoms with Gasteiger partial charge in [-0.2, -0.15) is 0 Å². The van der Waals surface area contributed by atoms with Gasteiger partial charge in [0, 0.05) is 38.8 Å². The summed E-state index contributed by atoms with van der Waals surface area (Å²) in [6.45, 7) is 3.02. The van der Waals surface area contributed by atoms with Crippen LogP contribution in [0.1, 0.15) is 41.6 Å². The molecule has 1 N–H and O–H groups in total. The molecule has 2 aromatic rings. The zero-order valence-electron chi connectivity index (χ0n) is 16.7. The average molecular weight is 380 g/mol. The van der Waals surface area contributed by atoms with Gasteiger partial charge in [-0.3, -0.25) is 9.69 Å². The number of likely N-dealkylation sites (tertiary alicyclic amines) is 1. The van der Waals surface area contributed by atoms with Gasteiger partial charge >= 0.3 is 5.97 Å². The van der Waals surface area contributed by atoms with Crippen molar-refractivity contribution in [2.75, 3.05) is 32.1 Å². The highest BCUT2D eigenvalue weighted by atomic mass is 16.4. The number of rotatable bonds is 5. The number of piperidine rings is 1. The van der Waals surface area contributed by atoms with Crippen LogP contribution in [0.5, 0.6) is 0 Å². The number of hydrogen-bond donors (Lipinski definition) is 1. The van der Waals surface area contributed by atoms with Gasteiger partial charge < -0.3 is 10.0 Å². The Morgan fingerprint density at radius 2 is 1.96 bits per heavy atom. The first-order chi connectivity index (χ1) is 13.4. The van der Waals surface area contributed by atoms with Crippen molar-refractivity contribution in [3.05, 3.63) is 52.8 Å². The standard InChI is InChI=1S/C22H28N4O2/c1-25(2)21-23-13-18-8-10-22(20(18)24-21)9-3-11-26(15-22)14-17-6-4-16(5-7-17)12-19(27)28/h4-7,13H,3,8-12,14-15H2,1-2H3,(H,27,28). The van der Waals surface area contributed by atoms with E-state index in [-0.39, 0.29) is 11.8 Å². The molecule has 2 heterocycles. The molecule has 6 nitrogen and oxygen atoms in total. The van der Waals surface area contributed by atoms with Crippen molar-refractivity contribution in [2.45, 2.75) is 44.1 Å². The van der Waals surface area contributed by atoms with Crippen molar-refractivity contribution in [1.82, 2.24) is 14.9 Å². The molecule has 1 fully saturated rings. The van der Waals surface area contributed by atoms with Crippen molar-refractivity contribution in [3.8, 4) is 0 Å². The number of carbonyl (C=O) groups is 1. The summed E-state index contributed by atoms with van der Waals surface area (Å²) >= 11 is 0. The largest absolute Gasteiger partial charge is 0.481 e. The Morgan fingerprint density at radius 1 is 1.21 bits per heavy atom. The number of nitrogens with zero attached hydrogens (tertiary/aromatic N) is 4. The van der Waals surface area contributed by atoms with Crippen molar-refractivity contribution in [2.24, 2.45) is 0 Å². The number of carboxylic acids is 1. The van der Waals surface area contributed by atoms with Gasteiger partial charge in [0.25, 0.3) is 0 Å². The first-order valence-corrected chi connectivity index (χ1v) is 10.0. The highest BCUT2D eigenvalue weighted by Gasteiger charge is 2.43. The zero-order chi connectivity index (χ0) is 19.7. The highest BCUT2D eigenvalue weighted by molar-refractivity contribution is 5.70. The molecule has 28 heavy (non-hydrogen) atoms. The maximum atomic E-state index is 10.9. The summed E-state index contributed by atoms with van der Waals surface area (Å²) in [4.78, 5) is 24.8. The Kier molecular flexibility index (Phi) is 5.06. The van der Waals surface area contributed by atoms with Crippen LogP contribution < -0.4 is 4.90 Å². The van der Waals surface area contributed by atoms with E-state index in [2.05, 4.69) is 22.0 Å². The van der Waals surface area contributed by atoms with Crippen LogP contribution >= 0.6 is 0 Å². The summed E-state index contributed by atoms with van der Waals surface area (Å²) in [6, 6.07) is 8.00. The third-order valence-corrected chi connectivity index (χ3v) is 6.07. The van der Waals surface area contributed by atoms with Crippen LogP contribution in [0.25, 0.3) is 0 Å². The Hall–Kier alpha value is -2.47. The van der Waals surface area contributed by atoms with Gasteiger partial charge in [0.2, 0.25) is 5.95 Å². The van der Waals surface area contributed by atoms with Gasteiger partial charge in [-0.05, 0) is 48.9 Å². The van der Waals surface area contributed by atoms with Crippen molar-refractivity contribution in [1.29, 1.82) is 0 Å². The molecule has 0 bridgehead atoms. The van der Waals surface area contributed by atoms with Gasteiger partial charge in [0.05, 0.1) is 12.1 Å². The normalized spacial score (nSPS) is 21.6. The van der Waals surface area contributed by atoms with E-state index in [1.165, 1.54) is 29.7 Å². The molecular weight excluding hydrogens is 352 g/mol. The number of aryl methyl sites for hydroxylation is 1. The number of anilines is 1. The Labute approximate surface area is 166 Å². The Bertz CT molecular complexity index is 861. The van der Waals surface area contributed by atoms with Crippen LogP contribution in [-0.2, 0) is 29.6 Å². The molecule has 2 aliphatic rings. The summed E-state index contributed by atoms with van der Waals surface area (Å²) in [5.74, 6) is 0.0101. The molecular formula is C22H28N4O2. The summed E-state index contributed by atoms with van der Waals surface area (Å²) in [6.07, 6.45) is 6.70. The predicted octanol–water partition coefficient (Wildman–Crippen LogP) is 2.65. The predicted molar refractivity (Wildman–Crippen MR) is 109 cm³/mol. The first-order valence-electron chi connectivity index (χ1n) is 10.0. The number of fused-ring (bicyclic) bond motifs is 2. The van der Waals surface area contributed by atoms with Gasteiger partial charge in [0.1, 0.15) is 0 Å². The summed E-state index contributed by atoms with van der Waals surface area (Å²) in [5.41, 5.74) is 4.80. The minimum absolute atomic E-state index is 0.0812. The van der Waals surface area contributed by atoms with E-state index in [1.54, 1.807) is 0 Å². The lowest BCUT2D eigenvalue weighted by Crippen LogP contribution is -2.45. The quantitative estimate of drug-likeness (QED) is 0.860. The molecule has 1 saturated heterocycles. The van der Waals surface area contributed by atoms with E-state index < -0.39 is 5.97 Å². The average Bonchev–Trinajstić information content (AvgIpc) is 3.00. The third kappa shape index (κ3) is 3.74. The Morgan fingerprint density at radius 3 is 2.68 bits per heavy atom. The molecule has 148 valence electrons. The molecule has 0 saturated carbocycles. The van der Waals surface area contributed by atoms with Crippen LogP contribution in [0.15, 0.2) is 30.5 Å². The number of benzene rings is 1. The van der Waals surface area contributed by atoms with E-state index in [0.717, 1.165) is 44.0 Å². The van der Waals surface area contributed by atoms with Crippen molar-refractivity contribution < 1.29 is 9.90 Å². The number of carboxylic acid groups (broad SMARTS) is 1. The van der Waals surface area contributed by atoms with Crippen LogP contribution in [-0.4, -0.2) is 53.1 Å². The molecule has 1 atom stereocenters. The lowest BCUT2D eigenvalue weighted by molar-refractivity contribution is -0.136. The SMILES string of the molecule is CN(C)c1ncc2c(n1)C1(CCCN(Cc3ccc(CC(=O)O)cc3)C1)CC2. The topological polar surface area (TPSA) is 69.6 Å². The molecule has 1 spiro atoms. The van der Waals surface area contributed by atoms with E-state index in [4.69, 9.17) is 10.1 Å². The maximum absolute atomic E-state index is 10.9. The molecule has 1 aliphatic carbocycles. The van der Waals surface area contributed by atoms with E-state index >= 15 is 0 Å². The fourth-order valence-electron chi connectivity index (χ4n) is 4.70. The molecule has 1 aromatic heterocycles. The fraction of sp³-hybridized carbons (Fsp3) is 0.500. The third-order valence-electron chi connectivity index (χ3n) is 6.07. The lowest BCUT2D eigenvalue weighted by Gasteiger charge is -2.40. The summed E-state index contributed by atoms with van der Waals surface area (Å²) in [7, 11) is 3.98. The zero-order valence-corrected chi connectivity index (χ0v) is 16.7.